The Morgan fingerprint density at radius 1 is 1.29 bits per heavy atom. The zero-order valence-electron chi connectivity index (χ0n) is 12.5. The van der Waals surface area contributed by atoms with E-state index in [4.69, 9.17) is 17.3 Å². The number of benzene rings is 1. The molecule has 1 fully saturated rings. The maximum Gasteiger partial charge on any atom is 0.243 e. The van der Waals surface area contributed by atoms with Crippen molar-refractivity contribution in [3.8, 4) is 0 Å². The van der Waals surface area contributed by atoms with Crippen LogP contribution in [-0.2, 0) is 10.0 Å². The van der Waals surface area contributed by atoms with E-state index in [-0.39, 0.29) is 9.92 Å². The number of nitrogens with zero attached hydrogens (tertiary/aromatic N) is 1. The van der Waals surface area contributed by atoms with E-state index in [1.807, 2.05) is 0 Å². The van der Waals surface area contributed by atoms with Gasteiger partial charge in [-0.3, -0.25) is 0 Å². The molecule has 1 aromatic carbocycles. The molecule has 1 saturated heterocycles. The molecule has 0 spiro atoms. The molecule has 1 aliphatic heterocycles. The first kappa shape index (κ1) is 16.6. The minimum atomic E-state index is -3.48. The van der Waals surface area contributed by atoms with Gasteiger partial charge in [-0.2, -0.15) is 4.31 Å². The molecule has 6 heteroatoms. The van der Waals surface area contributed by atoms with Gasteiger partial charge in [-0.05, 0) is 49.3 Å². The number of halogens is 1. The Morgan fingerprint density at radius 2 is 2.00 bits per heavy atom. The first-order valence-corrected chi connectivity index (χ1v) is 9.19. The molecule has 0 bridgehead atoms. The highest BCUT2D eigenvalue weighted by Crippen LogP contribution is 2.29. The first-order valence-electron chi connectivity index (χ1n) is 7.37. The molecule has 0 aliphatic carbocycles. The van der Waals surface area contributed by atoms with Crippen LogP contribution in [0.25, 0.3) is 0 Å². The van der Waals surface area contributed by atoms with E-state index < -0.39 is 10.0 Å². The van der Waals surface area contributed by atoms with Gasteiger partial charge in [0, 0.05) is 13.1 Å². The number of hydrogen-bond donors (Lipinski definition) is 1. The van der Waals surface area contributed by atoms with E-state index in [9.17, 15) is 8.42 Å². The molecule has 4 nitrogen and oxygen atoms in total. The maximum atomic E-state index is 12.7. The topological polar surface area (TPSA) is 63.4 Å². The lowest BCUT2D eigenvalue weighted by molar-refractivity contribution is 0.341. The fourth-order valence-corrected chi connectivity index (χ4v) is 4.59. The molecule has 2 N–H and O–H groups in total. The van der Waals surface area contributed by atoms with Crippen molar-refractivity contribution in [2.75, 3.05) is 18.8 Å². The van der Waals surface area contributed by atoms with Crippen molar-refractivity contribution in [3.05, 3.63) is 23.2 Å². The minimum absolute atomic E-state index is 0.227. The van der Waals surface area contributed by atoms with Crippen molar-refractivity contribution in [3.63, 3.8) is 0 Å². The summed E-state index contributed by atoms with van der Waals surface area (Å²) in [6.07, 6.45) is 2.91. The van der Waals surface area contributed by atoms with Crippen LogP contribution in [0, 0.1) is 11.8 Å². The van der Waals surface area contributed by atoms with E-state index in [1.165, 1.54) is 12.1 Å². The predicted octanol–water partition coefficient (Wildman–Crippen LogP) is 3.37. The number of sulfonamides is 1. The average molecular weight is 331 g/mol. The molecule has 21 heavy (non-hydrogen) atoms. The zero-order valence-corrected chi connectivity index (χ0v) is 14.1. The average Bonchev–Trinajstić information content (AvgIpc) is 2.68. The Bertz CT molecular complexity index is 602. The Labute approximate surface area is 132 Å². The van der Waals surface area contributed by atoms with Crippen molar-refractivity contribution >= 4 is 27.3 Å². The lowest BCUT2D eigenvalue weighted by atomic mass is 9.89. The highest BCUT2D eigenvalue weighted by atomic mass is 35.5. The molecular formula is C15H23ClN2O2S. The molecule has 0 amide bonds. The normalized spacial score (nSPS) is 21.4. The van der Waals surface area contributed by atoms with Gasteiger partial charge in [0.25, 0.3) is 0 Å². The number of rotatable bonds is 3. The monoisotopic (exact) mass is 330 g/mol. The van der Waals surface area contributed by atoms with E-state index in [2.05, 4.69) is 13.8 Å². The van der Waals surface area contributed by atoms with Crippen LogP contribution in [0.15, 0.2) is 23.1 Å². The second kappa shape index (κ2) is 6.55. The van der Waals surface area contributed by atoms with Crippen LogP contribution in [0.5, 0.6) is 0 Å². The van der Waals surface area contributed by atoms with Crippen molar-refractivity contribution in [2.24, 2.45) is 11.8 Å². The standard InChI is InChI=1S/C15H23ClN2O2S/c1-11(2)12-4-3-8-18(9-7-12)21(19,20)13-5-6-15(17)14(16)10-13/h5-6,10-12H,3-4,7-9,17H2,1-2H3. The second-order valence-corrected chi connectivity index (χ2v) is 8.37. The Morgan fingerprint density at radius 3 is 2.62 bits per heavy atom. The summed E-state index contributed by atoms with van der Waals surface area (Å²) in [5, 5.41) is 0.283. The Kier molecular flexibility index (Phi) is 5.17. The number of nitrogen functional groups attached to an aromatic ring is 1. The molecule has 1 unspecified atom stereocenters. The molecule has 118 valence electrons. The van der Waals surface area contributed by atoms with Crippen LogP contribution in [0.1, 0.15) is 33.1 Å². The third-order valence-corrected chi connectivity index (χ3v) is 6.51. The predicted molar refractivity (Wildman–Crippen MR) is 86.8 cm³/mol. The summed E-state index contributed by atoms with van der Waals surface area (Å²) in [7, 11) is -3.48. The van der Waals surface area contributed by atoms with Gasteiger partial charge in [-0.25, -0.2) is 8.42 Å². The molecule has 0 saturated carbocycles. The fourth-order valence-electron chi connectivity index (χ4n) is 2.82. The number of anilines is 1. The third-order valence-electron chi connectivity index (χ3n) is 4.28. The van der Waals surface area contributed by atoms with Gasteiger partial charge in [0.15, 0.2) is 0 Å². The van der Waals surface area contributed by atoms with Gasteiger partial charge in [-0.1, -0.05) is 25.4 Å². The molecular weight excluding hydrogens is 308 g/mol. The summed E-state index contributed by atoms with van der Waals surface area (Å²) in [6, 6.07) is 4.52. The molecule has 1 aliphatic rings. The quantitative estimate of drug-likeness (QED) is 0.864. The summed E-state index contributed by atoms with van der Waals surface area (Å²) in [5.41, 5.74) is 6.04. The van der Waals surface area contributed by atoms with Crippen molar-refractivity contribution < 1.29 is 8.42 Å². The molecule has 1 atom stereocenters. The van der Waals surface area contributed by atoms with Gasteiger partial charge in [0.05, 0.1) is 15.6 Å². The zero-order chi connectivity index (χ0) is 15.6. The number of hydrogen-bond acceptors (Lipinski definition) is 3. The van der Waals surface area contributed by atoms with Gasteiger partial charge in [0.1, 0.15) is 0 Å². The van der Waals surface area contributed by atoms with Crippen molar-refractivity contribution in [1.29, 1.82) is 0 Å². The van der Waals surface area contributed by atoms with E-state index in [0.29, 0.717) is 30.6 Å². The number of nitrogens with two attached hydrogens (primary N) is 1. The first-order chi connectivity index (χ1) is 9.82. The summed E-state index contributed by atoms with van der Waals surface area (Å²) in [4.78, 5) is 0.227. The summed E-state index contributed by atoms with van der Waals surface area (Å²) in [6.45, 7) is 5.56. The van der Waals surface area contributed by atoms with Crippen molar-refractivity contribution in [2.45, 2.75) is 38.0 Å². The largest absolute Gasteiger partial charge is 0.398 e. The van der Waals surface area contributed by atoms with Crippen LogP contribution in [0.2, 0.25) is 5.02 Å². The minimum Gasteiger partial charge on any atom is -0.398 e. The molecule has 0 aromatic heterocycles. The Balaban J connectivity index is 2.21. The van der Waals surface area contributed by atoms with Gasteiger partial charge >= 0.3 is 0 Å². The molecule has 1 aromatic rings. The molecule has 0 radical (unpaired) electrons. The highest BCUT2D eigenvalue weighted by Gasteiger charge is 2.28. The van der Waals surface area contributed by atoms with Crippen molar-refractivity contribution in [1.82, 2.24) is 4.31 Å². The third kappa shape index (κ3) is 3.71. The van der Waals surface area contributed by atoms with Crippen LogP contribution in [0.3, 0.4) is 0 Å². The Hall–Kier alpha value is -0.780. The van der Waals surface area contributed by atoms with Crippen LogP contribution < -0.4 is 5.73 Å². The maximum absolute atomic E-state index is 12.7. The SMILES string of the molecule is CC(C)C1CCCN(S(=O)(=O)c2ccc(N)c(Cl)c2)CC1. The molecule has 2 rings (SSSR count). The lowest BCUT2D eigenvalue weighted by Crippen LogP contribution is -2.32. The van der Waals surface area contributed by atoms with Gasteiger partial charge in [0.2, 0.25) is 10.0 Å². The molecule has 1 heterocycles. The van der Waals surface area contributed by atoms with E-state index in [1.54, 1.807) is 10.4 Å². The summed E-state index contributed by atoms with van der Waals surface area (Å²) >= 11 is 5.95. The van der Waals surface area contributed by atoms with Crippen LogP contribution in [0.4, 0.5) is 5.69 Å². The smallest absolute Gasteiger partial charge is 0.243 e. The highest BCUT2D eigenvalue weighted by molar-refractivity contribution is 7.89. The summed E-state index contributed by atoms with van der Waals surface area (Å²) < 4.78 is 27.0. The lowest BCUT2D eigenvalue weighted by Gasteiger charge is -2.21. The summed E-state index contributed by atoms with van der Waals surface area (Å²) in [5.74, 6) is 1.19. The fraction of sp³-hybridized carbons (Fsp3) is 0.600. The second-order valence-electron chi connectivity index (χ2n) is 6.02. The van der Waals surface area contributed by atoms with Crippen LogP contribution >= 0.6 is 11.6 Å². The van der Waals surface area contributed by atoms with E-state index >= 15 is 0 Å². The van der Waals surface area contributed by atoms with Gasteiger partial charge in [-0.15, -0.1) is 0 Å². The van der Waals surface area contributed by atoms with Gasteiger partial charge < -0.3 is 5.73 Å². The van der Waals surface area contributed by atoms with Crippen LogP contribution in [-0.4, -0.2) is 25.8 Å². The van der Waals surface area contributed by atoms with E-state index in [0.717, 1.165) is 19.3 Å².